The Morgan fingerprint density at radius 1 is 1.00 bits per heavy atom. The summed E-state index contributed by atoms with van der Waals surface area (Å²) in [5, 5.41) is 3.22. The first kappa shape index (κ1) is 18.0. The molecule has 23 heavy (non-hydrogen) atoms. The van der Waals surface area contributed by atoms with E-state index < -0.39 is 5.41 Å². The summed E-state index contributed by atoms with van der Waals surface area (Å²) in [6.45, 7) is 14.8. The van der Waals surface area contributed by atoms with Gasteiger partial charge in [0.2, 0.25) is 5.91 Å². The van der Waals surface area contributed by atoms with Crippen molar-refractivity contribution in [3.8, 4) is 0 Å². The molecule has 3 heteroatoms. The summed E-state index contributed by atoms with van der Waals surface area (Å²) in [5.74, 6) is 0.171. The second kappa shape index (κ2) is 6.27. The molecule has 0 unspecified atom stereocenters. The minimum Gasteiger partial charge on any atom is -0.351 e. The van der Waals surface area contributed by atoms with Crippen LogP contribution in [-0.4, -0.2) is 35.0 Å². The molecule has 1 amide bonds. The van der Waals surface area contributed by atoms with Gasteiger partial charge in [-0.3, -0.25) is 9.69 Å². The SMILES string of the molecule is CC(C)(C)NC(=O)C1(c2ccccc2)CCN(C(C)(C)C)CC1. The maximum Gasteiger partial charge on any atom is 0.231 e. The first-order valence-corrected chi connectivity index (χ1v) is 8.68. The molecule has 0 aliphatic carbocycles. The fourth-order valence-electron chi connectivity index (χ4n) is 3.42. The van der Waals surface area contributed by atoms with Gasteiger partial charge in [-0.2, -0.15) is 0 Å². The van der Waals surface area contributed by atoms with Crippen LogP contribution in [0, 0.1) is 0 Å². The average Bonchev–Trinajstić information content (AvgIpc) is 2.45. The number of carbonyl (C=O) groups is 1. The summed E-state index contributed by atoms with van der Waals surface area (Å²) in [6, 6.07) is 10.3. The van der Waals surface area contributed by atoms with Gasteiger partial charge in [0.1, 0.15) is 0 Å². The van der Waals surface area contributed by atoms with Gasteiger partial charge < -0.3 is 5.32 Å². The van der Waals surface area contributed by atoms with Crippen LogP contribution in [0.4, 0.5) is 0 Å². The maximum atomic E-state index is 13.2. The quantitative estimate of drug-likeness (QED) is 0.901. The number of rotatable bonds is 2. The van der Waals surface area contributed by atoms with Gasteiger partial charge in [-0.15, -0.1) is 0 Å². The fourth-order valence-corrected chi connectivity index (χ4v) is 3.42. The number of amides is 1. The van der Waals surface area contributed by atoms with Gasteiger partial charge in [0, 0.05) is 24.2 Å². The van der Waals surface area contributed by atoms with Gasteiger partial charge >= 0.3 is 0 Å². The highest BCUT2D eigenvalue weighted by Crippen LogP contribution is 2.38. The lowest BCUT2D eigenvalue weighted by Gasteiger charge is -2.46. The molecule has 1 aromatic carbocycles. The highest BCUT2D eigenvalue weighted by molar-refractivity contribution is 5.89. The second-order valence-corrected chi connectivity index (χ2v) is 8.81. The van der Waals surface area contributed by atoms with Crippen molar-refractivity contribution in [2.75, 3.05) is 13.1 Å². The van der Waals surface area contributed by atoms with E-state index in [1.54, 1.807) is 0 Å². The molecule has 1 aliphatic rings. The van der Waals surface area contributed by atoms with Gasteiger partial charge in [0.15, 0.2) is 0 Å². The second-order valence-electron chi connectivity index (χ2n) is 8.81. The van der Waals surface area contributed by atoms with Gasteiger partial charge in [0.25, 0.3) is 0 Å². The van der Waals surface area contributed by atoms with Crippen LogP contribution < -0.4 is 5.32 Å². The van der Waals surface area contributed by atoms with E-state index in [1.165, 1.54) is 0 Å². The topological polar surface area (TPSA) is 32.3 Å². The number of benzene rings is 1. The third kappa shape index (κ3) is 4.14. The van der Waals surface area contributed by atoms with Gasteiger partial charge in [-0.05, 0) is 59.9 Å². The van der Waals surface area contributed by atoms with E-state index in [1.807, 2.05) is 39.0 Å². The molecule has 3 nitrogen and oxygen atoms in total. The highest BCUT2D eigenvalue weighted by Gasteiger charge is 2.45. The molecule has 0 radical (unpaired) electrons. The third-order valence-electron chi connectivity index (χ3n) is 4.82. The normalized spacial score (nSPS) is 19.4. The zero-order valence-corrected chi connectivity index (χ0v) is 15.6. The Balaban J connectivity index is 2.30. The Morgan fingerprint density at radius 2 is 1.52 bits per heavy atom. The minimum absolute atomic E-state index is 0.156. The third-order valence-corrected chi connectivity index (χ3v) is 4.82. The van der Waals surface area contributed by atoms with Crippen LogP contribution in [0.5, 0.6) is 0 Å². The van der Waals surface area contributed by atoms with E-state index in [0.717, 1.165) is 31.5 Å². The minimum atomic E-state index is -0.406. The molecular weight excluding hydrogens is 284 g/mol. The smallest absolute Gasteiger partial charge is 0.231 e. The standard InChI is InChI=1S/C20H32N2O/c1-18(2,3)21-17(23)20(16-10-8-7-9-11-16)12-14-22(15-13-20)19(4,5)6/h7-11H,12-15H2,1-6H3,(H,21,23). The summed E-state index contributed by atoms with van der Waals surface area (Å²) in [7, 11) is 0. The van der Waals surface area contributed by atoms with Crippen LogP contribution >= 0.6 is 0 Å². The predicted octanol–water partition coefficient (Wildman–Crippen LogP) is 3.73. The van der Waals surface area contributed by atoms with Gasteiger partial charge in [0.05, 0.1) is 5.41 Å². The van der Waals surface area contributed by atoms with Gasteiger partial charge in [-0.1, -0.05) is 30.3 Å². The number of piperidine rings is 1. The number of likely N-dealkylation sites (tertiary alicyclic amines) is 1. The summed E-state index contributed by atoms with van der Waals surface area (Å²) in [4.78, 5) is 15.6. The highest BCUT2D eigenvalue weighted by atomic mass is 16.2. The number of nitrogens with zero attached hydrogens (tertiary/aromatic N) is 1. The summed E-state index contributed by atoms with van der Waals surface area (Å²) >= 11 is 0. The van der Waals surface area contributed by atoms with Crippen LogP contribution in [0.2, 0.25) is 0 Å². The molecule has 2 rings (SSSR count). The molecule has 0 aromatic heterocycles. The molecule has 0 atom stereocenters. The van der Waals surface area contributed by atoms with Crippen LogP contribution in [0.1, 0.15) is 59.9 Å². The largest absolute Gasteiger partial charge is 0.351 e. The Kier molecular flexibility index (Phi) is 4.91. The lowest BCUT2D eigenvalue weighted by Crippen LogP contribution is -2.57. The van der Waals surface area contributed by atoms with Gasteiger partial charge in [-0.25, -0.2) is 0 Å². The zero-order chi connectivity index (χ0) is 17.3. The summed E-state index contributed by atoms with van der Waals surface area (Å²) < 4.78 is 0. The first-order valence-electron chi connectivity index (χ1n) is 8.68. The number of nitrogens with one attached hydrogen (secondary N) is 1. The summed E-state index contributed by atoms with van der Waals surface area (Å²) in [5.41, 5.74) is 0.690. The Morgan fingerprint density at radius 3 is 1.96 bits per heavy atom. The van der Waals surface area contributed by atoms with E-state index in [9.17, 15) is 4.79 Å². The molecule has 1 N–H and O–H groups in total. The molecule has 0 bridgehead atoms. The van der Waals surface area contributed by atoms with Crippen molar-refractivity contribution in [3.05, 3.63) is 35.9 Å². The lowest BCUT2D eigenvalue weighted by molar-refractivity contribution is -0.130. The fraction of sp³-hybridized carbons (Fsp3) is 0.650. The maximum absolute atomic E-state index is 13.2. The molecule has 0 saturated carbocycles. The average molecular weight is 316 g/mol. The number of hydrogen-bond donors (Lipinski definition) is 1. The predicted molar refractivity (Wildman–Crippen MR) is 96.6 cm³/mol. The van der Waals surface area contributed by atoms with E-state index in [-0.39, 0.29) is 17.0 Å². The first-order chi connectivity index (χ1) is 10.5. The van der Waals surface area contributed by atoms with Crippen LogP contribution in [-0.2, 0) is 10.2 Å². The molecular formula is C20H32N2O. The van der Waals surface area contributed by atoms with Crippen molar-refractivity contribution in [2.45, 2.75) is 70.9 Å². The van der Waals surface area contributed by atoms with Crippen molar-refractivity contribution in [2.24, 2.45) is 0 Å². The molecule has 1 aliphatic heterocycles. The molecule has 1 aromatic rings. The molecule has 1 heterocycles. The van der Waals surface area contributed by atoms with E-state index in [4.69, 9.17) is 0 Å². The van der Waals surface area contributed by atoms with Crippen molar-refractivity contribution in [1.82, 2.24) is 10.2 Å². The molecule has 0 spiro atoms. The van der Waals surface area contributed by atoms with E-state index in [0.29, 0.717) is 0 Å². The number of hydrogen-bond acceptors (Lipinski definition) is 2. The van der Waals surface area contributed by atoms with E-state index in [2.05, 4.69) is 43.1 Å². The Hall–Kier alpha value is -1.35. The lowest BCUT2D eigenvalue weighted by atomic mass is 9.71. The Labute approximate surface area is 141 Å². The van der Waals surface area contributed by atoms with Crippen molar-refractivity contribution in [3.63, 3.8) is 0 Å². The van der Waals surface area contributed by atoms with E-state index >= 15 is 0 Å². The van der Waals surface area contributed by atoms with Crippen molar-refractivity contribution < 1.29 is 4.79 Å². The molecule has 1 saturated heterocycles. The van der Waals surface area contributed by atoms with Crippen molar-refractivity contribution in [1.29, 1.82) is 0 Å². The van der Waals surface area contributed by atoms with Crippen molar-refractivity contribution >= 4 is 5.91 Å². The van der Waals surface area contributed by atoms with Crippen LogP contribution in [0.15, 0.2) is 30.3 Å². The number of carbonyl (C=O) groups excluding carboxylic acids is 1. The molecule has 128 valence electrons. The van der Waals surface area contributed by atoms with Crippen LogP contribution in [0.25, 0.3) is 0 Å². The van der Waals surface area contributed by atoms with Crippen LogP contribution in [0.3, 0.4) is 0 Å². The zero-order valence-electron chi connectivity index (χ0n) is 15.6. The Bertz CT molecular complexity index is 529. The summed E-state index contributed by atoms with van der Waals surface area (Å²) in [6.07, 6.45) is 1.74. The molecule has 1 fully saturated rings. The monoisotopic (exact) mass is 316 g/mol.